The molecule has 0 atom stereocenters. The van der Waals surface area contributed by atoms with E-state index in [4.69, 9.17) is 0 Å². The molecule has 15 rings (SSSR count). The van der Waals surface area contributed by atoms with Crippen LogP contribution in [-0.4, -0.2) is 6.71 Å². The zero-order chi connectivity index (χ0) is 55.8. The molecule has 0 fully saturated rings. The Balaban J connectivity index is 1.13. The highest BCUT2D eigenvalue weighted by Crippen LogP contribution is 2.51. The topological polar surface area (TPSA) is 6.48 Å². The van der Waals surface area contributed by atoms with Crippen LogP contribution in [0.2, 0.25) is 0 Å². The Bertz CT molecular complexity index is 4460. The fraction of sp³-hybridized carbons (Fsp3) is 0.205. The van der Waals surface area contributed by atoms with Crippen molar-refractivity contribution in [2.75, 3.05) is 9.80 Å². The van der Waals surface area contributed by atoms with Gasteiger partial charge < -0.3 is 9.80 Å². The molecule has 0 saturated carbocycles. The van der Waals surface area contributed by atoms with E-state index in [0.717, 1.165) is 0 Å². The molecule has 0 saturated heterocycles. The molecule has 0 bridgehead atoms. The van der Waals surface area contributed by atoms with Crippen molar-refractivity contribution in [3.8, 4) is 11.1 Å². The molecule has 81 heavy (non-hydrogen) atoms. The summed E-state index contributed by atoms with van der Waals surface area (Å²) >= 11 is 0. The van der Waals surface area contributed by atoms with Crippen LogP contribution < -0.4 is 26.2 Å². The molecule has 13 aromatic rings. The molecule has 2 aliphatic rings. The van der Waals surface area contributed by atoms with E-state index in [-0.39, 0.29) is 28.4 Å². The van der Waals surface area contributed by atoms with Gasteiger partial charge in [-0.15, -0.1) is 0 Å². The minimum Gasteiger partial charge on any atom is -0.311 e. The monoisotopic (exact) mass is 1040 g/mol. The lowest BCUT2D eigenvalue weighted by molar-refractivity contribution is 0.568. The van der Waals surface area contributed by atoms with E-state index >= 15 is 0 Å². The second kappa shape index (κ2) is 17.1. The molecule has 0 amide bonds. The molecule has 0 unspecified atom stereocenters. The van der Waals surface area contributed by atoms with Crippen LogP contribution in [0.3, 0.4) is 0 Å². The van der Waals surface area contributed by atoms with Gasteiger partial charge in [0.05, 0.1) is 0 Å². The Hall–Kier alpha value is -8.40. The predicted molar refractivity (Wildman–Crippen MR) is 354 cm³/mol. The van der Waals surface area contributed by atoms with Gasteiger partial charge in [-0.2, -0.15) is 0 Å². The number of hydrogen-bond donors (Lipinski definition) is 0. The standard InChI is InChI=1S/C78H69BN2/c1-75(2,3)60-40-61(76(4,5)6)43-64(42-60)80-68-36-57-30-50-20-15-13-18-48(50)28-55(57)34-66(68)79-67-35-56-29-49-19-14-16-21-51(49)31-58(56)37-69(67)81(65-44-62(77(7,8)9)41-63(45-65)78(10,11)12)71-39-59(38-70(80)74(71)79)54-32-52-26-24-46-22-17-23-47-25-27-53(33-54)73(52)72(46)47/h13-45H,1-12H3. The second-order valence-electron chi connectivity index (χ2n) is 28.0. The van der Waals surface area contributed by atoms with Crippen molar-refractivity contribution >= 4 is 133 Å². The van der Waals surface area contributed by atoms with Crippen LogP contribution in [0.1, 0.15) is 105 Å². The highest BCUT2D eigenvalue weighted by Gasteiger charge is 2.45. The van der Waals surface area contributed by atoms with Crippen molar-refractivity contribution in [2.24, 2.45) is 0 Å². The van der Waals surface area contributed by atoms with E-state index in [9.17, 15) is 0 Å². The summed E-state index contributed by atoms with van der Waals surface area (Å²) in [6.07, 6.45) is 0. The third kappa shape index (κ3) is 7.90. The average Bonchev–Trinajstić information content (AvgIpc) is 2.99. The van der Waals surface area contributed by atoms with Crippen molar-refractivity contribution in [3.05, 3.63) is 222 Å². The molecule has 0 spiro atoms. The number of fused-ring (bicyclic) bond motifs is 8. The highest BCUT2D eigenvalue weighted by molar-refractivity contribution is 7.00. The van der Waals surface area contributed by atoms with Crippen LogP contribution in [0.25, 0.3) is 86.5 Å². The Morgan fingerprint density at radius 3 is 0.951 bits per heavy atom. The van der Waals surface area contributed by atoms with E-state index in [1.807, 2.05) is 0 Å². The van der Waals surface area contributed by atoms with Crippen LogP contribution in [0.4, 0.5) is 34.1 Å². The maximum absolute atomic E-state index is 2.68. The molecule has 3 heteroatoms. The molecular formula is C78H69BN2. The van der Waals surface area contributed by atoms with Gasteiger partial charge in [-0.3, -0.25) is 0 Å². The highest BCUT2D eigenvalue weighted by atomic mass is 15.2. The number of nitrogens with zero attached hydrogens (tertiary/aromatic N) is 2. The lowest BCUT2D eigenvalue weighted by Gasteiger charge is -2.45. The van der Waals surface area contributed by atoms with Crippen LogP contribution in [0, 0.1) is 0 Å². The summed E-state index contributed by atoms with van der Waals surface area (Å²) in [4.78, 5) is 5.36. The number of hydrogen-bond acceptors (Lipinski definition) is 2. The van der Waals surface area contributed by atoms with Crippen LogP contribution >= 0.6 is 0 Å². The molecule has 2 aliphatic heterocycles. The summed E-state index contributed by atoms with van der Waals surface area (Å²) in [7, 11) is 0. The van der Waals surface area contributed by atoms with Gasteiger partial charge in [-0.05, 0) is 232 Å². The number of anilines is 6. The zero-order valence-corrected chi connectivity index (χ0v) is 49.0. The minimum atomic E-state index is -0.103. The minimum absolute atomic E-state index is 0.0976. The van der Waals surface area contributed by atoms with E-state index in [1.165, 1.54) is 159 Å². The molecular weight excluding hydrogens is 976 g/mol. The van der Waals surface area contributed by atoms with Gasteiger partial charge in [0.2, 0.25) is 0 Å². The summed E-state index contributed by atoms with van der Waals surface area (Å²) in [5, 5.41) is 17.8. The summed E-state index contributed by atoms with van der Waals surface area (Å²) in [5.74, 6) is 0. The van der Waals surface area contributed by atoms with Crippen LogP contribution in [-0.2, 0) is 21.7 Å². The first kappa shape index (κ1) is 49.6. The second-order valence-corrected chi connectivity index (χ2v) is 28.0. The summed E-state index contributed by atoms with van der Waals surface area (Å²) in [6.45, 7) is 28.3. The van der Waals surface area contributed by atoms with E-state index in [0.29, 0.717) is 0 Å². The first-order valence-corrected chi connectivity index (χ1v) is 29.3. The number of rotatable bonds is 3. The lowest BCUT2D eigenvalue weighted by atomic mass is 9.33. The molecule has 0 aliphatic carbocycles. The fourth-order valence-corrected chi connectivity index (χ4v) is 13.7. The summed E-state index contributed by atoms with van der Waals surface area (Å²) in [6, 6.07) is 78.7. The zero-order valence-electron chi connectivity index (χ0n) is 49.0. The van der Waals surface area contributed by atoms with Crippen molar-refractivity contribution in [2.45, 2.75) is 105 Å². The fourth-order valence-electron chi connectivity index (χ4n) is 13.7. The SMILES string of the molecule is CC(C)(C)c1cc(N2c3cc4cc5ccccc5cc4cc3B3c4cc5cc6ccccc6cc5cc4N(c4cc(C(C)(C)C)cc(C(C)(C)C)c4)c4cc(-c5cc6ccc7cccc8ccc(c5)c6c78)cc2c43)cc(C(C)(C)C)c1. The quantitative estimate of drug-likeness (QED) is 0.0988. The molecule has 394 valence electrons. The van der Waals surface area contributed by atoms with Gasteiger partial charge in [-0.1, -0.05) is 198 Å². The molecule has 0 aromatic heterocycles. The van der Waals surface area contributed by atoms with Crippen LogP contribution in [0.5, 0.6) is 0 Å². The molecule has 0 N–H and O–H groups in total. The predicted octanol–water partition coefficient (Wildman–Crippen LogP) is 20.1. The maximum Gasteiger partial charge on any atom is 0.252 e. The summed E-state index contributed by atoms with van der Waals surface area (Å²) < 4.78 is 0. The van der Waals surface area contributed by atoms with Crippen LogP contribution in [0.15, 0.2) is 200 Å². The van der Waals surface area contributed by atoms with E-state index < -0.39 is 0 Å². The Morgan fingerprint density at radius 1 is 0.259 bits per heavy atom. The maximum atomic E-state index is 2.68. The third-order valence-electron chi connectivity index (χ3n) is 18.3. The molecule has 2 heterocycles. The molecule has 0 radical (unpaired) electrons. The van der Waals surface area contributed by atoms with Crippen molar-refractivity contribution < 1.29 is 0 Å². The lowest BCUT2D eigenvalue weighted by Crippen LogP contribution is -2.61. The first-order chi connectivity index (χ1) is 38.6. The van der Waals surface area contributed by atoms with Gasteiger partial charge in [-0.25, -0.2) is 0 Å². The Labute approximate surface area is 478 Å². The van der Waals surface area contributed by atoms with Gasteiger partial charge in [0.15, 0.2) is 0 Å². The van der Waals surface area contributed by atoms with E-state index in [2.05, 4.69) is 293 Å². The molecule has 13 aromatic carbocycles. The van der Waals surface area contributed by atoms with Crippen molar-refractivity contribution in [1.29, 1.82) is 0 Å². The van der Waals surface area contributed by atoms with Gasteiger partial charge in [0, 0.05) is 34.1 Å². The van der Waals surface area contributed by atoms with E-state index in [1.54, 1.807) is 0 Å². The average molecular weight is 1050 g/mol. The Morgan fingerprint density at radius 2 is 0.580 bits per heavy atom. The normalized spacial score (nSPS) is 13.9. The van der Waals surface area contributed by atoms with Crippen molar-refractivity contribution in [1.82, 2.24) is 0 Å². The number of benzene rings is 13. The van der Waals surface area contributed by atoms with Gasteiger partial charge >= 0.3 is 0 Å². The molecule has 2 nitrogen and oxygen atoms in total. The van der Waals surface area contributed by atoms with Gasteiger partial charge in [0.1, 0.15) is 0 Å². The third-order valence-corrected chi connectivity index (χ3v) is 18.3. The first-order valence-electron chi connectivity index (χ1n) is 29.3. The smallest absolute Gasteiger partial charge is 0.252 e. The van der Waals surface area contributed by atoms with Gasteiger partial charge in [0.25, 0.3) is 6.71 Å². The summed E-state index contributed by atoms with van der Waals surface area (Å²) in [5.41, 5.74) is 18.5. The Kier molecular flexibility index (Phi) is 10.5. The van der Waals surface area contributed by atoms with Crippen molar-refractivity contribution in [3.63, 3.8) is 0 Å². The largest absolute Gasteiger partial charge is 0.311 e.